The summed E-state index contributed by atoms with van der Waals surface area (Å²) in [4.78, 5) is 21.7. The fraction of sp³-hybridized carbons (Fsp3) is 0.250. The molecule has 31 heavy (non-hydrogen) atoms. The van der Waals surface area contributed by atoms with Gasteiger partial charge in [0.2, 0.25) is 16.0 Å². The number of hydrogen-bond donors (Lipinski definition) is 3. The fourth-order valence-corrected chi connectivity index (χ4v) is 4.41. The number of hydrogen-bond acceptors (Lipinski definition) is 8. The van der Waals surface area contributed by atoms with Crippen LogP contribution in [-0.4, -0.2) is 61.8 Å². The fourth-order valence-electron chi connectivity index (χ4n) is 3.31. The topological polar surface area (TPSA) is 134 Å². The monoisotopic (exact) mass is 443 g/mol. The number of carbonyl (C=O) groups is 1. The number of benzene rings is 2. The summed E-state index contributed by atoms with van der Waals surface area (Å²) < 4.78 is 33.8. The third kappa shape index (κ3) is 4.80. The molecule has 0 spiro atoms. The first-order valence-electron chi connectivity index (χ1n) is 9.58. The highest BCUT2D eigenvalue weighted by Crippen LogP contribution is 2.19. The van der Waals surface area contributed by atoms with Gasteiger partial charge in [-0.2, -0.15) is 0 Å². The van der Waals surface area contributed by atoms with Crippen LogP contribution in [0.15, 0.2) is 59.8 Å². The van der Waals surface area contributed by atoms with Crippen LogP contribution in [0.4, 0.5) is 5.95 Å². The van der Waals surface area contributed by atoms with E-state index < -0.39 is 22.0 Å². The molecule has 3 aromatic rings. The highest BCUT2D eigenvalue weighted by molar-refractivity contribution is 7.89. The number of sulfonamides is 1. The highest BCUT2D eigenvalue weighted by atomic mass is 32.2. The SMILES string of the molecule is O=C(NO)c1cnc(N2CCOC(CNS(=O)(=O)c3ccc4ccccc4c3)C2)nc1. The molecule has 0 bridgehead atoms. The number of fused-ring (bicyclic) bond motifs is 1. The van der Waals surface area contributed by atoms with E-state index in [2.05, 4.69) is 14.7 Å². The maximum Gasteiger partial charge on any atom is 0.277 e. The zero-order chi connectivity index (χ0) is 21.8. The Morgan fingerprint density at radius 2 is 1.90 bits per heavy atom. The molecule has 1 saturated heterocycles. The van der Waals surface area contributed by atoms with E-state index in [-0.39, 0.29) is 17.0 Å². The Bertz CT molecular complexity index is 1190. The summed E-state index contributed by atoms with van der Waals surface area (Å²) in [5.41, 5.74) is 1.65. The van der Waals surface area contributed by atoms with E-state index in [4.69, 9.17) is 9.94 Å². The van der Waals surface area contributed by atoms with Gasteiger partial charge in [0, 0.05) is 32.0 Å². The summed E-state index contributed by atoms with van der Waals surface area (Å²) in [6.45, 7) is 1.38. The van der Waals surface area contributed by atoms with Crippen LogP contribution >= 0.6 is 0 Å². The van der Waals surface area contributed by atoms with Gasteiger partial charge in [0.05, 0.1) is 23.2 Å². The Kier molecular flexibility index (Phi) is 6.09. The van der Waals surface area contributed by atoms with Crippen LogP contribution in [0.2, 0.25) is 0 Å². The number of carbonyl (C=O) groups excluding carboxylic acids is 1. The standard InChI is InChI=1S/C20H21N5O5S/c26-19(24-27)16-10-21-20(22-11-16)25-7-8-30-17(13-25)12-23-31(28,29)18-6-5-14-3-1-2-4-15(14)9-18/h1-6,9-11,17,23,27H,7-8,12-13H2,(H,24,26). The molecule has 2 heterocycles. The second-order valence-electron chi connectivity index (χ2n) is 7.01. The van der Waals surface area contributed by atoms with Gasteiger partial charge in [-0.25, -0.2) is 28.6 Å². The largest absolute Gasteiger partial charge is 0.373 e. The lowest BCUT2D eigenvalue weighted by Gasteiger charge is -2.33. The Balaban J connectivity index is 1.40. The molecule has 1 atom stereocenters. The van der Waals surface area contributed by atoms with Crippen molar-refractivity contribution in [3.8, 4) is 0 Å². The lowest BCUT2D eigenvalue weighted by molar-refractivity contribution is 0.0436. The van der Waals surface area contributed by atoms with E-state index in [9.17, 15) is 13.2 Å². The van der Waals surface area contributed by atoms with E-state index in [1.165, 1.54) is 17.9 Å². The Labute approximate surface area is 178 Å². The maximum atomic E-state index is 12.7. The Hall–Kier alpha value is -3.12. The molecule has 11 heteroatoms. The van der Waals surface area contributed by atoms with Crippen molar-refractivity contribution in [2.24, 2.45) is 0 Å². The zero-order valence-electron chi connectivity index (χ0n) is 16.4. The maximum absolute atomic E-state index is 12.7. The number of anilines is 1. The molecule has 10 nitrogen and oxygen atoms in total. The van der Waals surface area contributed by atoms with Crippen molar-refractivity contribution < 1.29 is 23.2 Å². The zero-order valence-corrected chi connectivity index (χ0v) is 17.2. The normalized spacial score (nSPS) is 16.9. The van der Waals surface area contributed by atoms with Gasteiger partial charge in [0.1, 0.15) is 0 Å². The summed E-state index contributed by atoms with van der Waals surface area (Å²) in [5.74, 6) is -0.310. The van der Waals surface area contributed by atoms with Crippen molar-refractivity contribution in [2.45, 2.75) is 11.0 Å². The smallest absolute Gasteiger partial charge is 0.277 e. The van der Waals surface area contributed by atoms with Gasteiger partial charge in [-0.3, -0.25) is 10.0 Å². The van der Waals surface area contributed by atoms with E-state index in [1.807, 2.05) is 29.2 Å². The molecule has 1 amide bonds. The second-order valence-corrected chi connectivity index (χ2v) is 8.78. The van der Waals surface area contributed by atoms with Gasteiger partial charge in [0.25, 0.3) is 5.91 Å². The van der Waals surface area contributed by atoms with Gasteiger partial charge in [-0.1, -0.05) is 30.3 Å². The molecule has 1 aromatic heterocycles. The minimum absolute atomic E-state index is 0.0939. The summed E-state index contributed by atoms with van der Waals surface area (Å²) in [6.07, 6.45) is 2.22. The molecule has 1 aliphatic heterocycles. The number of hydroxylamine groups is 1. The Morgan fingerprint density at radius 3 is 2.65 bits per heavy atom. The van der Waals surface area contributed by atoms with Crippen LogP contribution in [0.1, 0.15) is 10.4 Å². The first-order chi connectivity index (χ1) is 15.0. The van der Waals surface area contributed by atoms with Crippen LogP contribution in [-0.2, 0) is 14.8 Å². The van der Waals surface area contributed by atoms with Gasteiger partial charge in [0.15, 0.2) is 0 Å². The van der Waals surface area contributed by atoms with Crippen molar-refractivity contribution in [3.05, 3.63) is 60.4 Å². The third-order valence-electron chi connectivity index (χ3n) is 4.96. The number of ether oxygens (including phenoxy) is 1. The third-order valence-corrected chi connectivity index (χ3v) is 6.38. The number of nitrogens with zero attached hydrogens (tertiary/aromatic N) is 3. The molecular formula is C20H21N5O5S. The van der Waals surface area contributed by atoms with Gasteiger partial charge < -0.3 is 9.64 Å². The van der Waals surface area contributed by atoms with Crippen molar-refractivity contribution in [1.29, 1.82) is 0 Å². The molecule has 1 aliphatic rings. The number of rotatable bonds is 6. The van der Waals surface area contributed by atoms with Crippen LogP contribution in [0.25, 0.3) is 10.8 Å². The van der Waals surface area contributed by atoms with Crippen molar-refractivity contribution in [3.63, 3.8) is 0 Å². The molecule has 1 fully saturated rings. The minimum Gasteiger partial charge on any atom is -0.373 e. The molecule has 162 valence electrons. The number of morpholine rings is 1. The quantitative estimate of drug-likeness (QED) is 0.378. The average molecular weight is 443 g/mol. The summed E-state index contributed by atoms with van der Waals surface area (Å²) in [6, 6.07) is 12.6. The molecule has 4 rings (SSSR count). The average Bonchev–Trinajstić information content (AvgIpc) is 2.82. The number of amides is 1. The van der Waals surface area contributed by atoms with Gasteiger partial charge >= 0.3 is 0 Å². The summed E-state index contributed by atoms with van der Waals surface area (Å²) >= 11 is 0. The van der Waals surface area contributed by atoms with E-state index in [0.29, 0.717) is 25.6 Å². The van der Waals surface area contributed by atoms with Crippen LogP contribution in [0.5, 0.6) is 0 Å². The molecular weight excluding hydrogens is 422 g/mol. The molecule has 2 aromatic carbocycles. The van der Waals surface area contributed by atoms with Gasteiger partial charge in [-0.05, 0) is 22.9 Å². The van der Waals surface area contributed by atoms with E-state index in [1.54, 1.807) is 18.2 Å². The first-order valence-corrected chi connectivity index (χ1v) is 11.1. The van der Waals surface area contributed by atoms with E-state index >= 15 is 0 Å². The molecule has 0 aliphatic carbocycles. The predicted octanol–water partition coefficient (Wildman–Crippen LogP) is 0.933. The molecule has 0 saturated carbocycles. The number of aromatic nitrogens is 2. The predicted molar refractivity (Wildman–Crippen MR) is 112 cm³/mol. The highest BCUT2D eigenvalue weighted by Gasteiger charge is 2.25. The minimum atomic E-state index is -3.70. The van der Waals surface area contributed by atoms with Crippen LogP contribution in [0.3, 0.4) is 0 Å². The number of nitrogens with one attached hydrogen (secondary N) is 2. The first kappa shape index (κ1) is 21.1. The van der Waals surface area contributed by atoms with Crippen molar-refractivity contribution >= 4 is 32.7 Å². The van der Waals surface area contributed by atoms with E-state index in [0.717, 1.165) is 10.8 Å². The lowest BCUT2D eigenvalue weighted by atomic mass is 10.1. The summed E-state index contributed by atoms with van der Waals surface area (Å²) in [7, 11) is -3.70. The lowest BCUT2D eigenvalue weighted by Crippen LogP contribution is -2.48. The van der Waals surface area contributed by atoms with Crippen LogP contribution < -0.4 is 15.1 Å². The molecule has 1 unspecified atom stereocenters. The summed E-state index contributed by atoms with van der Waals surface area (Å²) in [5, 5.41) is 10.5. The van der Waals surface area contributed by atoms with Crippen LogP contribution in [0, 0.1) is 0 Å². The van der Waals surface area contributed by atoms with Crippen molar-refractivity contribution in [2.75, 3.05) is 31.1 Å². The molecule has 0 radical (unpaired) electrons. The van der Waals surface area contributed by atoms with Crippen molar-refractivity contribution in [1.82, 2.24) is 20.2 Å². The Morgan fingerprint density at radius 1 is 1.16 bits per heavy atom. The van der Waals surface area contributed by atoms with Gasteiger partial charge in [-0.15, -0.1) is 0 Å². The second kappa shape index (κ2) is 8.94. The molecule has 3 N–H and O–H groups in total.